The molecule has 2 nitrogen and oxygen atoms in total. The molecule has 0 saturated carbocycles. The number of halogens is 3. The van der Waals surface area contributed by atoms with E-state index in [-0.39, 0.29) is 6.04 Å². The van der Waals surface area contributed by atoms with Crippen LogP contribution in [0.25, 0.3) is 0 Å². The fourth-order valence-electron chi connectivity index (χ4n) is 1.92. The van der Waals surface area contributed by atoms with E-state index in [0.717, 1.165) is 22.6 Å². The van der Waals surface area contributed by atoms with Crippen LogP contribution >= 0.6 is 11.8 Å². The van der Waals surface area contributed by atoms with Crippen LogP contribution in [0.3, 0.4) is 0 Å². The van der Waals surface area contributed by atoms with Gasteiger partial charge < -0.3 is 10.4 Å². The third-order valence-corrected chi connectivity index (χ3v) is 3.99. The number of nitrogens with one attached hydrogen (secondary N) is 1. The Hall–Kier alpha value is -0.720. The Bertz CT molecular complexity index is 411. The quantitative estimate of drug-likeness (QED) is 0.890. The van der Waals surface area contributed by atoms with E-state index in [1.165, 1.54) is 0 Å². The first-order valence-electron chi connectivity index (χ1n) is 5.62. The van der Waals surface area contributed by atoms with Gasteiger partial charge in [0.2, 0.25) is 0 Å². The van der Waals surface area contributed by atoms with Crippen LogP contribution in [-0.4, -0.2) is 29.7 Å². The zero-order valence-electron chi connectivity index (χ0n) is 9.57. The summed E-state index contributed by atoms with van der Waals surface area (Å²) in [5, 5.41) is 11.8. The van der Waals surface area contributed by atoms with Crippen LogP contribution in [-0.2, 0) is 5.75 Å². The number of aliphatic hydroxyl groups excluding tert-OH is 1. The highest BCUT2D eigenvalue weighted by Crippen LogP contribution is 2.31. The predicted molar refractivity (Wildman–Crippen MR) is 65.4 cm³/mol. The van der Waals surface area contributed by atoms with Crippen LogP contribution in [0.1, 0.15) is 17.2 Å². The number of aliphatic hydroxyl groups is 1. The number of alkyl halides is 3. The van der Waals surface area contributed by atoms with Crippen molar-refractivity contribution in [1.82, 2.24) is 5.32 Å². The van der Waals surface area contributed by atoms with Crippen molar-refractivity contribution in [2.24, 2.45) is 0 Å². The minimum Gasteiger partial charge on any atom is -0.382 e. The summed E-state index contributed by atoms with van der Waals surface area (Å²) in [6, 6.07) is 7.58. The SMILES string of the molecule is OC(CNC1CSCc2ccccc21)C(F)(F)F. The second-order valence-electron chi connectivity index (χ2n) is 4.23. The Kier molecular flexibility index (Phi) is 4.19. The zero-order valence-corrected chi connectivity index (χ0v) is 10.4. The molecule has 6 heteroatoms. The first kappa shape index (κ1) is 13.7. The Labute approximate surface area is 108 Å². The summed E-state index contributed by atoms with van der Waals surface area (Å²) in [7, 11) is 0. The van der Waals surface area contributed by atoms with Gasteiger partial charge in [-0.2, -0.15) is 24.9 Å². The van der Waals surface area contributed by atoms with E-state index in [4.69, 9.17) is 5.11 Å². The van der Waals surface area contributed by atoms with Crippen molar-refractivity contribution in [2.75, 3.05) is 12.3 Å². The summed E-state index contributed by atoms with van der Waals surface area (Å²) in [5.41, 5.74) is 2.18. The maximum absolute atomic E-state index is 12.2. The van der Waals surface area contributed by atoms with Crippen molar-refractivity contribution in [1.29, 1.82) is 0 Å². The molecule has 0 aromatic heterocycles. The first-order chi connectivity index (χ1) is 8.48. The first-order valence-corrected chi connectivity index (χ1v) is 6.77. The van der Waals surface area contributed by atoms with Crippen LogP contribution < -0.4 is 5.32 Å². The average molecular weight is 277 g/mol. The number of fused-ring (bicyclic) bond motifs is 1. The van der Waals surface area contributed by atoms with Gasteiger partial charge in [-0.15, -0.1) is 0 Å². The zero-order chi connectivity index (χ0) is 13.2. The third kappa shape index (κ3) is 3.18. The molecule has 0 aliphatic carbocycles. The molecule has 1 aliphatic rings. The second-order valence-corrected chi connectivity index (χ2v) is 5.26. The van der Waals surface area contributed by atoms with Gasteiger partial charge in [-0.05, 0) is 11.1 Å². The van der Waals surface area contributed by atoms with E-state index in [1.807, 2.05) is 24.3 Å². The molecular formula is C12H14F3NOS. The Morgan fingerprint density at radius 2 is 2.11 bits per heavy atom. The van der Waals surface area contributed by atoms with Crippen LogP contribution in [0.15, 0.2) is 24.3 Å². The lowest BCUT2D eigenvalue weighted by molar-refractivity contribution is -0.202. The highest BCUT2D eigenvalue weighted by Gasteiger charge is 2.38. The van der Waals surface area contributed by atoms with E-state index in [0.29, 0.717) is 0 Å². The van der Waals surface area contributed by atoms with Gasteiger partial charge in [-0.3, -0.25) is 0 Å². The van der Waals surface area contributed by atoms with Crippen molar-refractivity contribution in [2.45, 2.75) is 24.1 Å². The molecule has 0 amide bonds. The molecule has 100 valence electrons. The largest absolute Gasteiger partial charge is 0.415 e. The summed E-state index contributed by atoms with van der Waals surface area (Å²) < 4.78 is 36.6. The van der Waals surface area contributed by atoms with Crippen molar-refractivity contribution in [3.05, 3.63) is 35.4 Å². The number of thioether (sulfide) groups is 1. The van der Waals surface area contributed by atoms with Crippen LogP contribution in [0, 0.1) is 0 Å². The molecule has 2 rings (SSSR count). The summed E-state index contributed by atoms with van der Waals surface area (Å²) in [5.74, 6) is 1.61. The summed E-state index contributed by atoms with van der Waals surface area (Å²) >= 11 is 1.68. The smallest absolute Gasteiger partial charge is 0.382 e. The van der Waals surface area contributed by atoms with Gasteiger partial charge in [0.05, 0.1) is 0 Å². The molecule has 0 radical (unpaired) electrons. The second kappa shape index (κ2) is 5.50. The molecule has 18 heavy (non-hydrogen) atoms. The third-order valence-electron chi connectivity index (χ3n) is 2.91. The Balaban J connectivity index is 2.00. The average Bonchev–Trinajstić information content (AvgIpc) is 2.34. The van der Waals surface area contributed by atoms with Crippen LogP contribution in [0.2, 0.25) is 0 Å². The van der Waals surface area contributed by atoms with E-state index in [1.54, 1.807) is 11.8 Å². The number of hydrogen-bond donors (Lipinski definition) is 2. The maximum atomic E-state index is 12.2. The molecule has 1 aromatic rings. The van der Waals surface area contributed by atoms with Crippen LogP contribution in [0.5, 0.6) is 0 Å². The number of benzene rings is 1. The van der Waals surface area contributed by atoms with Crippen molar-refractivity contribution in [3.63, 3.8) is 0 Å². The number of hydrogen-bond acceptors (Lipinski definition) is 3. The molecule has 1 aliphatic heterocycles. The minimum absolute atomic E-state index is 0.128. The highest BCUT2D eigenvalue weighted by atomic mass is 32.2. The van der Waals surface area contributed by atoms with Crippen LogP contribution in [0.4, 0.5) is 13.2 Å². The fraction of sp³-hybridized carbons (Fsp3) is 0.500. The number of rotatable bonds is 3. The van der Waals surface area contributed by atoms with Crippen molar-refractivity contribution in [3.8, 4) is 0 Å². The van der Waals surface area contributed by atoms with E-state index in [9.17, 15) is 13.2 Å². The standard InChI is InChI=1S/C12H14F3NOS/c13-12(14,15)11(17)5-16-10-7-18-6-8-3-1-2-4-9(8)10/h1-4,10-11,16-17H,5-7H2. The molecular weight excluding hydrogens is 263 g/mol. The molecule has 1 heterocycles. The Morgan fingerprint density at radius 3 is 2.83 bits per heavy atom. The highest BCUT2D eigenvalue weighted by molar-refractivity contribution is 7.98. The van der Waals surface area contributed by atoms with E-state index in [2.05, 4.69) is 5.32 Å². The van der Waals surface area contributed by atoms with E-state index >= 15 is 0 Å². The van der Waals surface area contributed by atoms with Crippen molar-refractivity contribution < 1.29 is 18.3 Å². The lowest BCUT2D eigenvalue weighted by atomic mass is 10.0. The van der Waals surface area contributed by atoms with Gasteiger partial charge in [-0.1, -0.05) is 24.3 Å². The van der Waals surface area contributed by atoms with Gasteiger partial charge in [0.15, 0.2) is 6.10 Å². The topological polar surface area (TPSA) is 32.3 Å². The summed E-state index contributed by atoms with van der Waals surface area (Å²) in [4.78, 5) is 0. The van der Waals surface area contributed by atoms with Gasteiger partial charge >= 0.3 is 6.18 Å². The molecule has 0 saturated heterocycles. The molecule has 0 spiro atoms. The summed E-state index contributed by atoms with van der Waals surface area (Å²) in [6.07, 6.45) is -6.87. The van der Waals surface area contributed by atoms with Gasteiger partial charge in [0, 0.05) is 24.1 Å². The monoisotopic (exact) mass is 277 g/mol. The molecule has 1 aromatic carbocycles. The fourth-order valence-corrected chi connectivity index (χ4v) is 3.05. The maximum Gasteiger partial charge on any atom is 0.415 e. The normalized spacial score (nSPS) is 21.4. The predicted octanol–water partition coefficient (Wildman–Crippen LogP) is 2.49. The molecule has 0 fully saturated rings. The summed E-state index contributed by atoms with van der Waals surface area (Å²) in [6.45, 7) is -0.469. The lowest BCUT2D eigenvalue weighted by Gasteiger charge is -2.27. The van der Waals surface area contributed by atoms with Crippen molar-refractivity contribution >= 4 is 11.8 Å². The Morgan fingerprint density at radius 1 is 1.39 bits per heavy atom. The van der Waals surface area contributed by atoms with Gasteiger partial charge in [0.1, 0.15) is 0 Å². The molecule has 2 N–H and O–H groups in total. The van der Waals surface area contributed by atoms with Gasteiger partial charge in [-0.25, -0.2) is 0 Å². The lowest BCUT2D eigenvalue weighted by Crippen LogP contribution is -2.40. The molecule has 2 atom stereocenters. The van der Waals surface area contributed by atoms with Gasteiger partial charge in [0.25, 0.3) is 0 Å². The minimum atomic E-state index is -4.56. The molecule has 2 unspecified atom stereocenters. The van der Waals surface area contributed by atoms with E-state index < -0.39 is 18.8 Å². The molecule has 0 bridgehead atoms.